The first-order chi connectivity index (χ1) is 13.5. The number of rotatable bonds is 6. The zero-order chi connectivity index (χ0) is 21.8. The predicted octanol–water partition coefficient (Wildman–Crippen LogP) is 3.56. The molecule has 12 heteroatoms. The van der Waals surface area contributed by atoms with Crippen molar-refractivity contribution in [3.05, 3.63) is 63.5 Å². The van der Waals surface area contributed by atoms with Gasteiger partial charge in [0.1, 0.15) is 0 Å². The molecule has 2 rings (SSSR count). The fourth-order valence-corrected chi connectivity index (χ4v) is 2.18. The van der Waals surface area contributed by atoms with Gasteiger partial charge in [-0.1, -0.05) is 0 Å². The first-order valence-corrected chi connectivity index (χ1v) is 7.69. The highest BCUT2D eigenvalue weighted by Gasteiger charge is 2.35. The summed E-state index contributed by atoms with van der Waals surface area (Å²) in [4.78, 5) is 33.3. The van der Waals surface area contributed by atoms with E-state index in [1.807, 2.05) is 5.32 Å². The average Bonchev–Trinajstić information content (AvgIpc) is 2.65. The number of esters is 1. The maximum atomic E-state index is 13.6. The highest BCUT2D eigenvalue weighted by atomic mass is 19.4. The smallest absolute Gasteiger partial charge is 0.418 e. The minimum atomic E-state index is -4.98. The second kappa shape index (κ2) is 8.54. The summed E-state index contributed by atoms with van der Waals surface area (Å²) >= 11 is 0. The lowest BCUT2D eigenvalue weighted by Crippen LogP contribution is -2.23. The number of hydrogen-bond acceptors (Lipinski definition) is 6. The predicted molar refractivity (Wildman–Crippen MR) is 90.0 cm³/mol. The molecule has 0 saturated heterocycles. The van der Waals surface area contributed by atoms with Crippen molar-refractivity contribution in [2.24, 2.45) is 0 Å². The van der Waals surface area contributed by atoms with Gasteiger partial charge in [0.15, 0.2) is 18.2 Å². The third-order valence-electron chi connectivity index (χ3n) is 3.52. The maximum absolute atomic E-state index is 13.6. The van der Waals surface area contributed by atoms with Gasteiger partial charge in [0, 0.05) is 12.1 Å². The highest BCUT2D eigenvalue weighted by Crippen LogP contribution is 2.37. The van der Waals surface area contributed by atoms with Gasteiger partial charge in [-0.2, -0.15) is 13.2 Å². The number of non-ortho nitro benzene ring substituents is 1. The lowest BCUT2D eigenvalue weighted by atomic mass is 10.1. The second-order valence-electron chi connectivity index (χ2n) is 5.46. The Bertz CT molecular complexity index is 961. The summed E-state index contributed by atoms with van der Waals surface area (Å²) in [6.07, 6.45) is -4.98. The van der Waals surface area contributed by atoms with Gasteiger partial charge in [-0.3, -0.25) is 14.9 Å². The number of nitrogens with zero attached hydrogens (tertiary/aromatic N) is 1. The van der Waals surface area contributed by atoms with Gasteiger partial charge < -0.3 is 14.8 Å². The van der Waals surface area contributed by atoms with Crippen LogP contribution in [0.3, 0.4) is 0 Å². The lowest BCUT2D eigenvalue weighted by Gasteiger charge is -2.13. The number of carbonyl (C=O) groups excluding carboxylic acids is 2. The van der Waals surface area contributed by atoms with Gasteiger partial charge in [-0.05, 0) is 24.3 Å². The number of nitro benzene ring substituents is 1. The van der Waals surface area contributed by atoms with Crippen molar-refractivity contribution < 1.29 is 41.5 Å². The van der Waals surface area contributed by atoms with E-state index in [-0.39, 0.29) is 17.4 Å². The number of benzene rings is 2. The second-order valence-corrected chi connectivity index (χ2v) is 5.46. The summed E-state index contributed by atoms with van der Waals surface area (Å²) in [6, 6.07) is 4.87. The van der Waals surface area contributed by atoms with E-state index in [0.29, 0.717) is 6.07 Å². The van der Waals surface area contributed by atoms with Crippen LogP contribution in [0, 0.1) is 15.9 Å². The minimum Gasteiger partial charge on any atom is -0.494 e. The molecule has 0 aliphatic heterocycles. The van der Waals surface area contributed by atoms with E-state index in [4.69, 9.17) is 0 Å². The molecule has 0 radical (unpaired) electrons. The standard InChI is InChI=1S/C17H12F4N2O6/c1-28-14-5-2-9(6-12(14)18)16(25)29-8-15(24)22-13-4-3-10(23(26)27)7-11(13)17(19,20)21/h2-7H,8H2,1H3,(H,22,24). The van der Waals surface area contributed by atoms with E-state index in [0.717, 1.165) is 18.2 Å². The molecule has 29 heavy (non-hydrogen) atoms. The van der Waals surface area contributed by atoms with E-state index < -0.39 is 52.3 Å². The van der Waals surface area contributed by atoms with Crippen LogP contribution < -0.4 is 10.1 Å². The molecule has 0 aromatic heterocycles. The molecule has 1 amide bonds. The van der Waals surface area contributed by atoms with Gasteiger partial charge >= 0.3 is 12.1 Å². The third-order valence-corrected chi connectivity index (χ3v) is 3.52. The Balaban J connectivity index is 2.08. The Labute approximate surface area is 160 Å². The number of hydrogen-bond donors (Lipinski definition) is 1. The van der Waals surface area contributed by atoms with Gasteiger partial charge in [0.25, 0.3) is 11.6 Å². The number of amides is 1. The van der Waals surface area contributed by atoms with Crippen LogP contribution in [0.15, 0.2) is 36.4 Å². The number of carbonyl (C=O) groups is 2. The Morgan fingerprint density at radius 3 is 2.41 bits per heavy atom. The van der Waals surface area contributed by atoms with Crippen molar-refractivity contribution in [1.29, 1.82) is 0 Å². The number of nitro groups is 1. The van der Waals surface area contributed by atoms with Crippen LogP contribution in [0.1, 0.15) is 15.9 Å². The molecule has 0 unspecified atom stereocenters. The molecule has 154 valence electrons. The first kappa shape index (κ1) is 21.6. The number of halogens is 4. The average molecular weight is 416 g/mol. The van der Waals surface area contributed by atoms with Crippen LogP contribution in [0.25, 0.3) is 0 Å². The molecular formula is C17H12F4N2O6. The molecule has 0 aliphatic carbocycles. The fourth-order valence-electron chi connectivity index (χ4n) is 2.18. The molecule has 0 atom stereocenters. The molecule has 0 saturated carbocycles. The number of anilines is 1. The maximum Gasteiger partial charge on any atom is 0.418 e. The van der Waals surface area contributed by atoms with Crippen LogP contribution in [0.5, 0.6) is 5.75 Å². The molecule has 0 heterocycles. The van der Waals surface area contributed by atoms with Gasteiger partial charge in [0.05, 0.1) is 28.8 Å². The van der Waals surface area contributed by atoms with Crippen molar-refractivity contribution in [2.45, 2.75) is 6.18 Å². The SMILES string of the molecule is COc1ccc(C(=O)OCC(=O)Nc2ccc([N+](=O)[O-])cc2C(F)(F)F)cc1F. The largest absolute Gasteiger partial charge is 0.494 e. The molecule has 0 bridgehead atoms. The summed E-state index contributed by atoms with van der Waals surface area (Å²) in [5, 5.41) is 12.5. The topological polar surface area (TPSA) is 108 Å². The van der Waals surface area contributed by atoms with Crippen LogP contribution in [-0.4, -0.2) is 30.5 Å². The summed E-state index contributed by atoms with van der Waals surface area (Å²) in [5.41, 5.74) is -3.26. The number of alkyl halides is 3. The van der Waals surface area contributed by atoms with E-state index in [2.05, 4.69) is 9.47 Å². The van der Waals surface area contributed by atoms with E-state index in [1.165, 1.54) is 13.2 Å². The highest BCUT2D eigenvalue weighted by molar-refractivity contribution is 5.96. The molecule has 0 spiro atoms. The Hall–Kier alpha value is -3.70. The van der Waals surface area contributed by atoms with E-state index in [1.54, 1.807) is 0 Å². The molecule has 0 aliphatic rings. The fraction of sp³-hybridized carbons (Fsp3) is 0.176. The number of ether oxygens (including phenoxy) is 2. The number of nitrogens with one attached hydrogen (secondary N) is 1. The Morgan fingerprint density at radius 2 is 1.86 bits per heavy atom. The van der Waals surface area contributed by atoms with Crippen LogP contribution in [0.2, 0.25) is 0 Å². The van der Waals surface area contributed by atoms with Crippen LogP contribution in [0.4, 0.5) is 28.9 Å². The quantitative estimate of drug-likeness (QED) is 0.334. The molecule has 0 fully saturated rings. The van der Waals surface area contributed by atoms with Crippen molar-refractivity contribution in [3.8, 4) is 5.75 Å². The summed E-state index contributed by atoms with van der Waals surface area (Å²) in [5.74, 6) is -3.21. The van der Waals surface area contributed by atoms with Crippen molar-refractivity contribution in [1.82, 2.24) is 0 Å². The van der Waals surface area contributed by atoms with Crippen molar-refractivity contribution in [2.75, 3.05) is 19.0 Å². The molecular weight excluding hydrogens is 404 g/mol. The zero-order valence-corrected chi connectivity index (χ0v) is 14.6. The third kappa shape index (κ3) is 5.40. The normalized spacial score (nSPS) is 10.9. The van der Waals surface area contributed by atoms with Gasteiger partial charge in [0.2, 0.25) is 0 Å². The van der Waals surface area contributed by atoms with Crippen molar-refractivity contribution in [3.63, 3.8) is 0 Å². The Morgan fingerprint density at radius 1 is 1.17 bits per heavy atom. The van der Waals surface area contributed by atoms with Gasteiger partial charge in [-0.15, -0.1) is 0 Å². The summed E-state index contributed by atoms with van der Waals surface area (Å²) in [6.45, 7) is -0.971. The summed E-state index contributed by atoms with van der Waals surface area (Å²) in [7, 11) is 1.22. The molecule has 8 nitrogen and oxygen atoms in total. The number of methoxy groups -OCH3 is 1. The summed E-state index contributed by atoms with van der Waals surface area (Å²) < 4.78 is 62.1. The van der Waals surface area contributed by atoms with E-state index in [9.17, 15) is 37.3 Å². The van der Waals surface area contributed by atoms with Crippen LogP contribution >= 0.6 is 0 Å². The van der Waals surface area contributed by atoms with Crippen molar-refractivity contribution >= 4 is 23.3 Å². The van der Waals surface area contributed by atoms with E-state index >= 15 is 0 Å². The van der Waals surface area contributed by atoms with Gasteiger partial charge in [-0.25, -0.2) is 9.18 Å². The molecule has 1 N–H and O–H groups in total. The minimum absolute atomic E-state index is 0.128. The van der Waals surface area contributed by atoms with Crippen LogP contribution in [-0.2, 0) is 15.7 Å². The monoisotopic (exact) mass is 416 g/mol. The molecule has 2 aromatic carbocycles. The molecule has 2 aromatic rings. The Kier molecular flexibility index (Phi) is 6.36. The lowest BCUT2D eigenvalue weighted by molar-refractivity contribution is -0.385. The first-order valence-electron chi connectivity index (χ1n) is 7.69. The zero-order valence-electron chi connectivity index (χ0n) is 14.6.